The molecule has 0 N–H and O–H groups in total. The highest BCUT2D eigenvalue weighted by Gasteiger charge is 2.33. The van der Waals surface area contributed by atoms with E-state index in [-0.39, 0.29) is 37.0 Å². The Hall–Kier alpha value is -2.62. The Morgan fingerprint density at radius 3 is 1.58 bits per heavy atom. The standard InChI is InChI=1S/C22H24O4/c23-21(25-15-17-8-3-1-4-9-17)19-12-7-13-20(14-19)22(24)26-16-18-10-5-2-6-11-18/h1-6,8-11,19-20H,7,12-16H2/t19-,20-/m0/s1. The molecule has 136 valence electrons. The van der Waals surface area contributed by atoms with Gasteiger partial charge >= 0.3 is 11.9 Å². The highest BCUT2D eigenvalue weighted by atomic mass is 16.5. The summed E-state index contributed by atoms with van der Waals surface area (Å²) in [6, 6.07) is 19.2. The molecule has 3 rings (SSSR count). The molecule has 0 amide bonds. The second-order valence-corrected chi connectivity index (χ2v) is 6.75. The van der Waals surface area contributed by atoms with Gasteiger partial charge in [0.05, 0.1) is 11.8 Å². The number of hydrogen-bond donors (Lipinski definition) is 0. The smallest absolute Gasteiger partial charge is 0.309 e. The molecule has 4 nitrogen and oxygen atoms in total. The van der Waals surface area contributed by atoms with Crippen molar-refractivity contribution in [2.45, 2.75) is 38.9 Å². The van der Waals surface area contributed by atoms with Gasteiger partial charge in [0.25, 0.3) is 0 Å². The summed E-state index contributed by atoms with van der Waals surface area (Å²) in [6.07, 6.45) is 2.91. The molecule has 0 bridgehead atoms. The molecule has 2 atom stereocenters. The monoisotopic (exact) mass is 352 g/mol. The van der Waals surface area contributed by atoms with Gasteiger partial charge in [-0.25, -0.2) is 0 Å². The van der Waals surface area contributed by atoms with Crippen LogP contribution in [0.25, 0.3) is 0 Å². The molecule has 0 radical (unpaired) electrons. The third-order valence-electron chi connectivity index (χ3n) is 4.79. The molecule has 2 aromatic rings. The normalized spacial score (nSPS) is 19.5. The van der Waals surface area contributed by atoms with Crippen LogP contribution in [-0.4, -0.2) is 11.9 Å². The summed E-state index contributed by atoms with van der Waals surface area (Å²) in [5.41, 5.74) is 1.94. The minimum absolute atomic E-state index is 0.214. The lowest BCUT2D eigenvalue weighted by atomic mass is 9.81. The van der Waals surface area contributed by atoms with E-state index in [0.717, 1.165) is 30.4 Å². The maximum absolute atomic E-state index is 12.3. The fourth-order valence-corrected chi connectivity index (χ4v) is 3.31. The summed E-state index contributed by atoms with van der Waals surface area (Å²) in [4.78, 5) is 24.7. The molecule has 0 saturated heterocycles. The number of carbonyl (C=O) groups is 2. The van der Waals surface area contributed by atoms with Crippen LogP contribution in [0.5, 0.6) is 0 Å². The molecule has 26 heavy (non-hydrogen) atoms. The van der Waals surface area contributed by atoms with Crippen molar-refractivity contribution in [1.82, 2.24) is 0 Å². The van der Waals surface area contributed by atoms with E-state index in [0.29, 0.717) is 6.42 Å². The summed E-state index contributed by atoms with van der Waals surface area (Å²) >= 11 is 0. The van der Waals surface area contributed by atoms with Gasteiger partial charge in [0, 0.05) is 0 Å². The van der Waals surface area contributed by atoms with Crippen molar-refractivity contribution < 1.29 is 19.1 Å². The second kappa shape index (κ2) is 9.18. The van der Waals surface area contributed by atoms with E-state index < -0.39 is 0 Å². The van der Waals surface area contributed by atoms with Gasteiger partial charge in [-0.1, -0.05) is 67.1 Å². The Balaban J connectivity index is 1.47. The summed E-state index contributed by atoms with van der Waals surface area (Å²) in [5.74, 6) is -0.868. The maximum atomic E-state index is 12.3. The van der Waals surface area contributed by atoms with E-state index in [1.165, 1.54) is 0 Å². The van der Waals surface area contributed by atoms with Crippen LogP contribution in [0.15, 0.2) is 60.7 Å². The fraction of sp³-hybridized carbons (Fsp3) is 0.364. The van der Waals surface area contributed by atoms with Gasteiger partial charge in [0.15, 0.2) is 0 Å². The van der Waals surface area contributed by atoms with Gasteiger partial charge in [-0.05, 0) is 30.4 Å². The Morgan fingerprint density at radius 2 is 1.15 bits per heavy atom. The molecular weight excluding hydrogens is 328 g/mol. The first-order chi connectivity index (χ1) is 12.7. The van der Waals surface area contributed by atoms with Crippen molar-refractivity contribution in [3.8, 4) is 0 Å². The van der Waals surface area contributed by atoms with E-state index in [1.807, 2.05) is 60.7 Å². The van der Waals surface area contributed by atoms with E-state index in [4.69, 9.17) is 9.47 Å². The number of esters is 2. The number of hydrogen-bond acceptors (Lipinski definition) is 4. The molecule has 0 heterocycles. The van der Waals surface area contributed by atoms with Crippen molar-refractivity contribution in [3.63, 3.8) is 0 Å². The third kappa shape index (κ3) is 5.19. The highest BCUT2D eigenvalue weighted by Crippen LogP contribution is 2.31. The Bertz CT molecular complexity index is 650. The number of ether oxygens (including phenoxy) is 2. The zero-order chi connectivity index (χ0) is 18.2. The van der Waals surface area contributed by atoms with Crippen molar-refractivity contribution in [3.05, 3.63) is 71.8 Å². The molecule has 1 aliphatic rings. The Kier molecular flexibility index (Phi) is 6.42. The van der Waals surface area contributed by atoms with Crippen LogP contribution in [-0.2, 0) is 32.3 Å². The van der Waals surface area contributed by atoms with E-state index in [2.05, 4.69) is 0 Å². The first-order valence-electron chi connectivity index (χ1n) is 9.13. The summed E-state index contributed by atoms with van der Waals surface area (Å²) in [6.45, 7) is 0.554. The maximum Gasteiger partial charge on any atom is 0.309 e. The van der Waals surface area contributed by atoms with Gasteiger partial charge < -0.3 is 9.47 Å². The van der Waals surface area contributed by atoms with Crippen molar-refractivity contribution in [2.24, 2.45) is 11.8 Å². The summed E-state index contributed by atoms with van der Waals surface area (Å²) in [5, 5.41) is 0. The van der Waals surface area contributed by atoms with E-state index in [9.17, 15) is 9.59 Å². The van der Waals surface area contributed by atoms with Crippen LogP contribution in [0.1, 0.15) is 36.8 Å². The van der Waals surface area contributed by atoms with Gasteiger partial charge in [-0.15, -0.1) is 0 Å². The average Bonchev–Trinajstić information content (AvgIpc) is 2.72. The second-order valence-electron chi connectivity index (χ2n) is 6.75. The largest absolute Gasteiger partial charge is 0.461 e. The molecule has 0 spiro atoms. The topological polar surface area (TPSA) is 52.6 Å². The van der Waals surface area contributed by atoms with Gasteiger partial charge in [0.1, 0.15) is 13.2 Å². The molecule has 1 fully saturated rings. The van der Waals surface area contributed by atoms with Gasteiger partial charge in [-0.3, -0.25) is 9.59 Å². The van der Waals surface area contributed by atoms with Crippen LogP contribution in [0, 0.1) is 11.8 Å². The van der Waals surface area contributed by atoms with Crippen LogP contribution in [0.3, 0.4) is 0 Å². The van der Waals surface area contributed by atoms with E-state index >= 15 is 0 Å². The third-order valence-corrected chi connectivity index (χ3v) is 4.79. The summed E-state index contributed by atoms with van der Waals surface area (Å²) in [7, 11) is 0. The zero-order valence-electron chi connectivity index (χ0n) is 14.8. The Morgan fingerprint density at radius 1 is 0.731 bits per heavy atom. The van der Waals surface area contributed by atoms with Gasteiger partial charge in [-0.2, -0.15) is 0 Å². The summed E-state index contributed by atoms with van der Waals surface area (Å²) < 4.78 is 10.9. The zero-order valence-corrected chi connectivity index (χ0v) is 14.8. The lowest BCUT2D eigenvalue weighted by Crippen LogP contribution is -2.29. The van der Waals surface area contributed by atoms with Crippen LogP contribution >= 0.6 is 0 Å². The van der Waals surface area contributed by atoms with Gasteiger partial charge in [0.2, 0.25) is 0 Å². The Labute approximate surface area is 154 Å². The van der Waals surface area contributed by atoms with Crippen molar-refractivity contribution in [2.75, 3.05) is 0 Å². The first kappa shape index (κ1) is 18.2. The lowest BCUT2D eigenvalue weighted by molar-refractivity contribution is -0.156. The predicted octanol–water partition coefficient (Wildman–Crippen LogP) is 4.28. The molecule has 4 heteroatoms. The van der Waals surface area contributed by atoms with Crippen molar-refractivity contribution in [1.29, 1.82) is 0 Å². The van der Waals surface area contributed by atoms with Crippen LogP contribution in [0.2, 0.25) is 0 Å². The molecule has 2 aromatic carbocycles. The average molecular weight is 352 g/mol. The molecule has 0 aliphatic heterocycles. The van der Waals surface area contributed by atoms with Crippen molar-refractivity contribution >= 4 is 11.9 Å². The SMILES string of the molecule is O=C(OCc1ccccc1)[C@H]1CCC[C@H](C(=O)OCc2ccccc2)C1. The van der Waals surface area contributed by atoms with E-state index in [1.54, 1.807) is 0 Å². The molecule has 0 aromatic heterocycles. The van der Waals surface area contributed by atoms with Crippen LogP contribution < -0.4 is 0 Å². The molecule has 0 unspecified atom stereocenters. The number of rotatable bonds is 6. The molecule has 1 saturated carbocycles. The molecule has 1 aliphatic carbocycles. The predicted molar refractivity (Wildman–Crippen MR) is 97.9 cm³/mol. The minimum atomic E-state index is -0.221. The van der Waals surface area contributed by atoms with Crippen LogP contribution in [0.4, 0.5) is 0 Å². The quantitative estimate of drug-likeness (QED) is 0.728. The first-order valence-corrected chi connectivity index (χ1v) is 9.13. The fourth-order valence-electron chi connectivity index (χ4n) is 3.31. The lowest BCUT2D eigenvalue weighted by Gasteiger charge is -2.26. The highest BCUT2D eigenvalue weighted by molar-refractivity contribution is 5.76. The number of benzene rings is 2. The molecular formula is C22H24O4. The minimum Gasteiger partial charge on any atom is -0.461 e. The number of carbonyl (C=O) groups excluding carboxylic acids is 2.